The van der Waals surface area contributed by atoms with E-state index in [1.54, 1.807) is 4.90 Å². The van der Waals surface area contributed by atoms with Crippen molar-refractivity contribution in [2.75, 3.05) is 0 Å². The maximum absolute atomic E-state index is 14.1. The number of benzene rings is 3. The number of carbonyl (C=O) groups is 3. The summed E-state index contributed by atoms with van der Waals surface area (Å²) in [5, 5.41) is 7.12. The average Bonchev–Trinajstić information content (AvgIpc) is 3.50. The summed E-state index contributed by atoms with van der Waals surface area (Å²) >= 11 is 0. The summed E-state index contributed by atoms with van der Waals surface area (Å²) in [6.45, 7) is 6.38. The highest BCUT2D eigenvalue weighted by atomic mass is 16.2. The van der Waals surface area contributed by atoms with Gasteiger partial charge in [-0.05, 0) is 41.7 Å². The number of H-pyrrole nitrogens is 1. The number of aryl methyl sites for hydroxylation is 1. The number of aromatic amines is 1. The van der Waals surface area contributed by atoms with Crippen molar-refractivity contribution in [3.8, 4) is 0 Å². The van der Waals surface area contributed by atoms with E-state index in [4.69, 9.17) is 0 Å². The van der Waals surface area contributed by atoms with Crippen molar-refractivity contribution < 1.29 is 14.4 Å². The Hall–Kier alpha value is -4.39. The smallest absolute Gasteiger partial charge is 0.255 e. The van der Waals surface area contributed by atoms with Gasteiger partial charge in [0.25, 0.3) is 5.91 Å². The summed E-state index contributed by atoms with van der Waals surface area (Å²) in [5.74, 6) is -0.775. The number of amides is 3. The van der Waals surface area contributed by atoms with Crippen molar-refractivity contribution >= 4 is 28.6 Å². The third-order valence-electron chi connectivity index (χ3n) is 8.54. The van der Waals surface area contributed by atoms with Crippen LogP contribution in [0, 0.1) is 12.8 Å². The molecule has 3 aromatic carbocycles. The SMILES string of the molecule is CC[C@H](C)[C@H](NC(=O)[C@@H]1Cc2c([nH]c3ccccc23)[C@@H]2c3ccccc3C(=O)N21)C(=O)NCc1ccc(C)cc1. The van der Waals surface area contributed by atoms with Gasteiger partial charge in [-0.2, -0.15) is 0 Å². The average molecular weight is 535 g/mol. The quantitative estimate of drug-likeness (QED) is 0.318. The van der Waals surface area contributed by atoms with Crippen LogP contribution in [0.3, 0.4) is 0 Å². The molecule has 0 bridgehead atoms. The predicted octanol–water partition coefficient (Wildman–Crippen LogP) is 4.79. The van der Waals surface area contributed by atoms with Gasteiger partial charge < -0.3 is 20.5 Å². The Bertz CT molecular complexity index is 1610. The van der Waals surface area contributed by atoms with E-state index < -0.39 is 12.1 Å². The molecule has 7 heteroatoms. The molecule has 7 nitrogen and oxygen atoms in total. The number of para-hydroxylation sites is 1. The van der Waals surface area contributed by atoms with Crippen LogP contribution in [0.5, 0.6) is 0 Å². The van der Waals surface area contributed by atoms with Crippen LogP contribution in [-0.4, -0.2) is 39.7 Å². The summed E-state index contributed by atoms with van der Waals surface area (Å²) < 4.78 is 0. The van der Waals surface area contributed by atoms with Gasteiger partial charge in [-0.1, -0.05) is 86.5 Å². The molecule has 0 unspecified atom stereocenters. The molecule has 4 aromatic rings. The lowest BCUT2D eigenvalue weighted by Gasteiger charge is -2.38. The number of fused-ring (bicyclic) bond motifs is 7. The summed E-state index contributed by atoms with van der Waals surface area (Å²) in [6.07, 6.45) is 1.09. The first-order chi connectivity index (χ1) is 19.4. The van der Waals surface area contributed by atoms with Gasteiger partial charge in [-0.25, -0.2) is 0 Å². The van der Waals surface area contributed by atoms with Gasteiger partial charge in [-0.3, -0.25) is 14.4 Å². The molecular weight excluding hydrogens is 500 g/mol. The molecule has 1 aromatic heterocycles. The zero-order chi connectivity index (χ0) is 28.0. The third-order valence-corrected chi connectivity index (χ3v) is 8.54. The van der Waals surface area contributed by atoms with Gasteiger partial charge in [0.2, 0.25) is 11.8 Å². The minimum atomic E-state index is -0.743. The van der Waals surface area contributed by atoms with E-state index in [2.05, 4.69) is 21.7 Å². The minimum Gasteiger partial charge on any atom is -0.356 e. The summed E-state index contributed by atoms with van der Waals surface area (Å²) in [4.78, 5) is 46.4. The van der Waals surface area contributed by atoms with Crippen molar-refractivity contribution in [2.45, 2.75) is 58.3 Å². The molecule has 2 aliphatic rings. The van der Waals surface area contributed by atoms with Crippen LogP contribution in [0.2, 0.25) is 0 Å². The molecular formula is C33H34N4O3. The topological polar surface area (TPSA) is 94.3 Å². The first-order valence-corrected chi connectivity index (χ1v) is 14.0. The van der Waals surface area contributed by atoms with E-state index in [1.165, 1.54) is 0 Å². The molecule has 3 amide bonds. The Morgan fingerprint density at radius 3 is 2.52 bits per heavy atom. The molecule has 6 rings (SSSR count). The van der Waals surface area contributed by atoms with Gasteiger partial charge in [-0.15, -0.1) is 0 Å². The highest BCUT2D eigenvalue weighted by Crippen LogP contribution is 2.46. The van der Waals surface area contributed by atoms with Gasteiger partial charge in [0, 0.05) is 35.1 Å². The molecule has 0 aliphatic carbocycles. The minimum absolute atomic E-state index is 0.0866. The number of rotatable bonds is 7. The number of hydrogen-bond donors (Lipinski definition) is 3. The van der Waals surface area contributed by atoms with E-state index >= 15 is 0 Å². The molecule has 3 N–H and O–H groups in total. The Labute approximate surface area is 234 Å². The summed E-state index contributed by atoms with van der Waals surface area (Å²) in [7, 11) is 0. The monoisotopic (exact) mass is 534 g/mol. The second-order valence-electron chi connectivity index (χ2n) is 11.1. The van der Waals surface area contributed by atoms with Crippen LogP contribution < -0.4 is 10.6 Å². The Morgan fingerprint density at radius 1 is 1.02 bits per heavy atom. The molecule has 0 saturated heterocycles. The molecule has 40 heavy (non-hydrogen) atoms. The number of carbonyl (C=O) groups excluding carboxylic acids is 3. The van der Waals surface area contributed by atoms with Crippen molar-refractivity contribution in [1.82, 2.24) is 20.5 Å². The van der Waals surface area contributed by atoms with Crippen LogP contribution in [0.25, 0.3) is 10.9 Å². The van der Waals surface area contributed by atoms with Crippen LogP contribution in [-0.2, 0) is 22.6 Å². The second-order valence-corrected chi connectivity index (χ2v) is 11.1. The lowest BCUT2D eigenvalue weighted by molar-refractivity contribution is -0.133. The normalized spacial score (nSPS) is 19.0. The fraction of sp³-hybridized carbons (Fsp3) is 0.303. The molecule has 0 saturated carbocycles. The predicted molar refractivity (Wildman–Crippen MR) is 155 cm³/mol. The van der Waals surface area contributed by atoms with Crippen molar-refractivity contribution in [1.29, 1.82) is 0 Å². The zero-order valence-corrected chi connectivity index (χ0v) is 23.0. The maximum atomic E-state index is 14.1. The Kier molecular flexibility index (Phi) is 6.66. The van der Waals surface area contributed by atoms with Crippen LogP contribution >= 0.6 is 0 Å². The fourth-order valence-electron chi connectivity index (χ4n) is 6.09. The number of nitrogens with one attached hydrogen (secondary N) is 3. The van der Waals surface area contributed by atoms with Crippen molar-refractivity contribution in [3.05, 3.63) is 106 Å². The summed E-state index contributed by atoms with van der Waals surface area (Å²) in [5.41, 5.74) is 6.65. The second kappa shape index (κ2) is 10.3. The van der Waals surface area contributed by atoms with E-state index in [0.29, 0.717) is 18.5 Å². The standard InChI is InChI=1S/C33H34N4O3/c1-4-20(3)28(32(39)34-18-21-15-13-19(2)14-16-21)36-31(38)27-17-25-22-9-7-8-12-26(22)35-29(25)30-23-10-5-6-11-24(23)33(40)37(27)30/h5-16,20,27-28,30,35H,4,17-18H2,1-3H3,(H,34,39)(H,36,38)/t20-,27-,28-,30-/m0/s1. The maximum Gasteiger partial charge on any atom is 0.255 e. The van der Waals surface area contributed by atoms with Crippen LogP contribution in [0.15, 0.2) is 72.8 Å². The van der Waals surface area contributed by atoms with Gasteiger partial charge >= 0.3 is 0 Å². The Balaban J connectivity index is 1.31. The summed E-state index contributed by atoms with van der Waals surface area (Å²) in [6, 6.07) is 21.8. The molecule has 204 valence electrons. The van der Waals surface area contributed by atoms with E-state index in [-0.39, 0.29) is 29.7 Å². The highest BCUT2D eigenvalue weighted by molar-refractivity contribution is 6.04. The van der Waals surface area contributed by atoms with Gasteiger partial charge in [0.1, 0.15) is 12.1 Å². The molecule has 0 spiro atoms. The molecule has 0 fully saturated rings. The first kappa shape index (κ1) is 25.9. The number of nitrogens with zero attached hydrogens (tertiary/aromatic N) is 1. The van der Waals surface area contributed by atoms with E-state index in [0.717, 1.165) is 45.3 Å². The first-order valence-electron chi connectivity index (χ1n) is 14.0. The third kappa shape index (κ3) is 4.35. The van der Waals surface area contributed by atoms with Gasteiger partial charge in [0.05, 0.1) is 6.04 Å². The number of hydrogen-bond acceptors (Lipinski definition) is 3. The van der Waals surface area contributed by atoms with Gasteiger partial charge in [0.15, 0.2) is 0 Å². The lowest BCUT2D eigenvalue weighted by atomic mass is 9.89. The van der Waals surface area contributed by atoms with Crippen molar-refractivity contribution in [3.63, 3.8) is 0 Å². The molecule has 3 heterocycles. The van der Waals surface area contributed by atoms with E-state index in [9.17, 15) is 14.4 Å². The van der Waals surface area contributed by atoms with Crippen molar-refractivity contribution in [2.24, 2.45) is 5.92 Å². The number of aromatic nitrogens is 1. The largest absolute Gasteiger partial charge is 0.356 e. The molecule has 4 atom stereocenters. The zero-order valence-electron chi connectivity index (χ0n) is 23.0. The Morgan fingerprint density at radius 2 is 1.75 bits per heavy atom. The van der Waals surface area contributed by atoms with E-state index in [1.807, 2.05) is 87.5 Å². The highest BCUT2D eigenvalue weighted by Gasteiger charge is 2.49. The molecule has 0 radical (unpaired) electrons. The lowest BCUT2D eigenvalue weighted by Crippen LogP contribution is -2.58. The molecule has 2 aliphatic heterocycles. The van der Waals surface area contributed by atoms with Crippen LogP contribution in [0.4, 0.5) is 0 Å². The fourth-order valence-corrected chi connectivity index (χ4v) is 6.09. The van der Waals surface area contributed by atoms with Crippen LogP contribution in [0.1, 0.15) is 64.6 Å².